The maximum Gasteiger partial charge on any atom is 0.255 e. The minimum absolute atomic E-state index is 0.205. The van der Waals surface area contributed by atoms with E-state index in [0.29, 0.717) is 30.0 Å². The van der Waals surface area contributed by atoms with Gasteiger partial charge in [0.25, 0.3) is 5.91 Å². The molecule has 0 saturated carbocycles. The molecule has 0 aliphatic rings. The van der Waals surface area contributed by atoms with Crippen molar-refractivity contribution in [2.45, 2.75) is 6.42 Å². The van der Waals surface area contributed by atoms with E-state index in [-0.39, 0.29) is 5.91 Å². The topological polar surface area (TPSA) is 82.2 Å². The number of hydrogen-bond acceptors (Lipinski definition) is 4. The summed E-state index contributed by atoms with van der Waals surface area (Å²) in [6, 6.07) is 5.11. The smallest absolute Gasteiger partial charge is 0.255 e. The molecule has 0 spiro atoms. The number of benzene rings is 1. The lowest BCUT2D eigenvalue weighted by Gasteiger charge is -2.11. The quantitative estimate of drug-likeness (QED) is 0.796. The molecule has 0 bridgehead atoms. The lowest BCUT2D eigenvalue weighted by molar-refractivity contribution is 0.0951. The Morgan fingerprint density at radius 3 is 2.95 bits per heavy atom. The lowest BCUT2D eigenvalue weighted by atomic mass is 10.1. The number of carbonyl (C=O) groups is 1. The Labute approximate surface area is 117 Å². The van der Waals surface area contributed by atoms with Gasteiger partial charge < -0.3 is 20.4 Å². The molecule has 1 heterocycles. The van der Waals surface area contributed by atoms with Crippen LogP contribution in [0.4, 0.5) is 5.69 Å². The van der Waals surface area contributed by atoms with Gasteiger partial charge in [0, 0.05) is 32.4 Å². The fourth-order valence-corrected chi connectivity index (χ4v) is 1.98. The number of methoxy groups -OCH3 is 1. The second-order valence-corrected chi connectivity index (χ2v) is 4.39. The van der Waals surface area contributed by atoms with Gasteiger partial charge in [-0.25, -0.2) is 4.98 Å². The summed E-state index contributed by atoms with van der Waals surface area (Å²) in [7, 11) is 3.42. The third kappa shape index (κ3) is 2.90. The molecule has 2 aromatic rings. The molecule has 0 saturated heterocycles. The fraction of sp³-hybridized carbons (Fsp3) is 0.286. The Hall–Kier alpha value is -2.50. The SMILES string of the molecule is COc1c(N)cccc1C(=O)NCCc1nccn1C. The molecule has 1 aromatic heterocycles. The van der Waals surface area contributed by atoms with Crippen LogP contribution in [0, 0.1) is 0 Å². The Balaban J connectivity index is 1.99. The fourth-order valence-electron chi connectivity index (χ4n) is 1.98. The first-order valence-electron chi connectivity index (χ1n) is 6.30. The number of ether oxygens (including phenoxy) is 1. The highest BCUT2D eigenvalue weighted by Crippen LogP contribution is 2.25. The zero-order chi connectivity index (χ0) is 14.5. The molecule has 0 radical (unpaired) electrons. The molecular formula is C14H18N4O2. The van der Waals surface area contributed by atoms with E-state index in [2.05, 4.69) is 10.3 Å². The summed E-state index contributed by atoms with van der Waals surface area (Å²) in [5, 5.41) is 2.84. The highest BCUT2D eigenvalue weighted by molar-refractivity contribution is 5.98. The van der Waals surface area contributed by atoms with Crippen LogP contribution in [0.1, 0.15) is 16.2 Å². The molecule has 3 N–H and O–H groups in total. The van der Waals surface area contributed by atoms with E-state index in [1.807, 2.05) is 17.8 Å². The molecule has 2 rings (SSSR count). The van der Waals surface area contributed by atoms with Crippen LogP contribution in [0.5, 0.6) is 5.75 Å². The molecule has 0 fully saturated rings. The number of carbonyl (C=O) groups excluding carboxylic acids is 1. The highest BCUT2D eigenvalue weighted by atomic mass is 16.5. The summed E-state index contributed by atoms with van der Waals surface area (Å²) in [6.45, 7) is 0.502. The van der Waals surface area contributed by atoms with Gasteiger partial charge in [-0.1, -0.05) is 6.07 Å². The van der Waals surface area contributed by atoms with Gasteiger partial charge >= 0.3 is 0 Å². The molecule has 0 aliphatic carbocycles. The molecule has 106 valence electrons. The van der Waals surface area contributed by atoms with Crippen LogP contribution >= 0.6 is 0 Å². The van der Waals surface area contributed by atoms with Crippen LogP contribution in [0.15, 0.2) is 30.6 Å². The van der Waals surface area contributed by atoms with Crippen LogP contribution in [-0.2, 0) is 13.5 Å². The minimum atomic E-state index is -0.205. The van der Waals surface area contributed by atoms with Crippen molar-refractivity contribution in [3.8, 4) is 5.75 Å². The summed E-state index contributed by atoms with van der Waals surface area (Å²) < 4.78 is 7.09. The number of hydrogen-bond donors (Lipinski definition) is 2. The van der Waals surface area contributed by atoms with Crippen LogP contribution in [0.25, 0.3) is 0 Å². The summed E-state index contributed by atoms with van der Waals surface area (Å²) in [5.74, 6) is 1.12. The van der Waals surface area contributed by atoms with Crippen molar-refractivity contribution in [1.82, 2.24) is 14.9 Å². The number of nitrogens with zero attached hydrogens (tertiary/aromatic N) is 2. The van der Waals surface area contributed by atoms with E-state index in [1.54, 1.807) is 24.4 Å². The molecule has 1 amide bonds. The average Bonchev–Trinajstić information content (AvgIpc) is 2.84. The number of aromatic nitrogens is 2. The molecule has 0 aliphatic heterocycles. The van der Waals surface area contributed by atoms with Gasteiger partial charge in [-0.15, -0.1) is 0 Å². The van der Waals surface area contributed by atoms with Crippen molar-refractivity contribution in [1.29, 1.82) is 0 Å². The minimum Gasteiger partial charge on any atom is -0.494 e. The first-order valence-corrected chi connectivity index (χ1v) is 6.30. The Morgan fingerprint density at radius 2 is 2.30 bits per heavy atom. The van der Waals surface area contributed by atoms with Gasteiger partial charge in [0.2, 0.25) is 0 Å². The third-order valence-corrected chi connectivity index (χ3v) is 3.05. The lowest BCUT2D eigenvalue weighted by Crippen LogP contribution is -2.27. The number of rotatable bonds is 5. The number of anilines is 1. The van der Waals surface area contributed by atoms with Crippen LogP contribution < -0.4 is 15.8 Å². The summed E-state index contributed by atoms with van der Waals surface area (Å²) in [6.07, 6.45) is 4.27. The maximum absolute atomic E-state index is 12.1. The van der Waals surface area contributed by atoms with Gasteiger partial charge in [0.15, 0.2) is 5.75 Å². The predicted molar refractivity (Wildman–Crippen MR) is 76.7 cm³/mol. The number of nitrogen functional groups attached to an aromatic ring is 1. The highest BCUT2D eigenvalue weighted by Gasteiger charge is 2.14. The van der Waals surface area contributed by atoms with E-state index < -0.39 is 0 Å². The standard InChI is InChI=1S/C14H18N4O2/c1-18-9-8-16-12(18)6-7-17-14(19)10-4-3-5-11(15)13(10)20-2/h3-5,8-9H,6-7,15H2,1-2H3,(H,17,19). The van der Waals surface area contributed by atoms with Crippen molar-refractivity contribution in [3.05, 3.63) is 42.0 Å². The molecular weight excluding hydrogens is 256 g/mol. The zero-order valence-corrected chi connectivity index (χ0v) is 11.6. The van der Waals surface area contributed by atoms with Crippen LogP contribution in [-0.4, -0.2) is 29.1 Å². The predicted octanol–water partition coefficient (Wildman–Crippen LogP) is 0.983. The molecule has 6 heteroatoms. The third-order valence-electron chi connectivity index (χ3n) is 3.05. The van der Waals surface area contributed by atoms with Crippen molar-refractivity contribution in [2.24, 2.45) is 7.05 Å². The van der Waals surface area contributed by atoms with Gasteiger partial charge in [-0.2, -0.15) is 0 Å². The van der Waals surface area contributed by atoms with Gasteiger partial charge in [-0.3, -0.25) is 4.79 Å². The van der Waals surface area contributed by atoms with E-state index in [9.17, 15) is 4.79 Å². The molecule has 1 aromatic carbocycles. The van der Waals surface area contributed by atoms with Gasteiger partial charge in [0.05, 0.1) is 18.4 Å². The van der Waals surface area contributed by atoms with Gasteiger partial charge in [-0.05, 0) is 12.1 Å². The molecule has 20 heavy (non-hydrogen) atoms. The number of nitrogens with one attached hydrogen (secondary N) is 1. The maximum atomic E-state index is 12.1. The van der Waals surface area contributed by atoms with Crippen LogP contribution in [0.2, 0.25) is 0 Å². The average molecular weight is 274 g/mol. The monoisotopic (exact) mass is 274 g/mol. The van der Waals surface area contributed by atoms with Gasteiger partial charge in [0.1, 0.15) is 5.82 Å². The normalized spacial score (nSPS) is 10.3. The number of para-hydroxylation sites is 1. The van der Waals surface area contributed by atoms with Crippen molar-refractivity contribution in [2.75, 3.05) is 19.4 Å². The van der Waals surface area contributed by atoms with Crippen LogP contribution in [0.3, 0.4) is 0 Å². The number of aryl methyl sites for hydroxylation is 1. The van der Waals surface area contributed by atoms with E-state index in [1.165, 1.54) is 7.11 Å². The number of imidazole rings is 1. The summed E-state index contributed by atoms with van der Waals surface area (Å²) in [4.78, 5) is 16.3. The van der Waals surface area contributed by atoms with Crippen molar-refractivity contribution >= 4 is 11.6 Å². The summed E-state index contributed by atoms with van der Waals surface area (Å²) in [5.41, 5.74) is 6.66. The van der Waals surface area contributed by atoms with E-state index in [0.717, 1.165) is 5.82 Å². The zero-order valence-electron chi connectivity index (χ0n) is 11.6. The van der Waals surface area contributed by atoms with Crippen molar-refractivity contribution in [3.63, 3.8) is 0 Å². The van der Waals surface area contributed by atoms with E-state index in [4.69, 9.17) is 10.5 Å². The summed E-state index contributed by atoms with van der Waals surface area (Å²) >= 11 is 0. The molecule has 6 nitrogen and oxygen atoms in total. The Kier molecular flexibility index (Phi) is 4.24. The second-order valence-electron chi connectivity index (χ2n) is 4.39. The largest absolute Gasteiger partial charge is 0.494 e. The van der Waals surface area contributed by atoms with Crippen molar-refractivity contribution < 1.29 is 9.53 Å². The molecule has 0 unspecified atom stereocenters. The number of nitrogens with two attached hydrogens (primary N) is 1. The van der Waals surface area contributed by atoms with E-state index >= 15 is 0 Å². The first kappa shape index (κ1) is 13.9. The second kappa shape index (κ2) is 6.10. The Bertz CT molecular complexity index is 607. The molecule has 0 atom stereocenters. The Morgan fingerprint density at radius 1 is 1.50 bits per heavy atom. The first-order chi connectivity index (χ1) is 9.63. The number of amides is 1.